The van der Waals surface area contributed by atoms with Crippen LogP contribution in [0.1, 0.15) is 74.5 Å². The first-order valence-corrected chi connectivity index (χ1v) is 8.01. The van der Waals surface area contributed by atoms with Gasteiger partial charge in [0.05, 0.1) is 29.8 Å². The van der Waals surface area contributed by atoms with Gasteiger partial charge < -0.3 is 10.4 Å². The first-order valence-electron chi connectivity index (χ1n) is 8.01. The molecule has 1 aliphatic carbocycles. The van der Waals surface area contributed by atoms with Crippen LogP contribution in [0.15, 0.2) is 6.20 Å². The summed E-state index contributed by atoms with van der Waals surface area (Å²) in [6.07, 6.45) is 5.91. The number of carboxylic acids is 1. The van der Waals surface area contributed by atoms with Gasteiger partial charge in [-0.25, -0.2) is 0 Å². The van der Waals surface area contributed by atoms with Crippen molar-refractivity contribution < 1.29 is 14.7 Å². The molecule has 0 saturated heterocycles. The minimum absolute atomic E-state index is 0.0154. The lowest BCUT2D eigenvalue weighted by atomic mass is 9.74. The Morgan fingerprint density at radius 3 is 2.50 bits per heavy atom. The zero-order valence-corrected chi connectivity index (χ0v) is 13.6. The van der Waals surface area contributed by atoms with Gasteiger partial charge in [-0.1, -0.05) is 13.8 Å². The lowest BCUT2D eigenvalue weighted by molar-refractivity contribution is -0.139. The van der Waals surface area contributed by atoms with Crippen LogP contribution in [0.25, 0.3) is 0 Å². The molecule has 1 aromatic rings. The lowest BCUT2D eigenvalue weighted by Crippen LogP contribution is -2.54. The molecule has 6 nitrogen and oxygen atoms in total. The van der Waals surface area contributed by atoms with Crippen molar-refractivity contribution in [3.63, 3.8) is 0 Å². The monoisotopic (exact) mass is 307 g/mol. The number of hydrogen-bond acceptors (Lipinski definition) is 3. The first kappa shape index (κ1) is 16.5. The average Bonchev–Trinajstić information content (AvgIpc) is 2.79. The summed E-state index contributed by atoms with van der Waals surface area (Å²) in [6, 6.07) is 0.290. The van der Waals surface area contributed by atoms with E-state index >= 15 is 0 Å². The number of rotatable bonds is 7. The van der Waals surface area contributed by atoms with Gasteiger partial charge in [-0.05, 0) is 39.0 Å². The Kier molecular flexibility index (Phi) is 4.88. The van der Waals surface area contributed by atoms with Gasteiger partial charge in [0.25, 0.3) is 5.91 Å². The van der Waals surface area contributed by atoms with Crippen molar-refractivity contribution in [3.05, 3.63) is 17.5 Å². The van der Waals surface area contributed by atoms with Gasteiger partial charge >= 0.3 is 5.97 Å². The van der Waals surface area contributed by atoms with E-state index in [1.54, 1.807) is 6.20 Å². The maximum Gasteiger partial charge on any atom is 0.305 e. The Bertz CT molecular complexity index is 557. The van der Waals surface area contributed by atoms with E-state index in [1.165, 1.54) is 0 Å². The largest absolute Gasteiger partial charge is 0.481 e. The van der Waals surface area contributed by atoms with Gasteiger partial charge in [0.2, 0.25) is 0 Å². The van der Waals surface area contributed by atoms with Crippen LogP contribution in [0.3, 0.4) is 0 Å². The van der Waals surface area contributed by atoms with Crippen LogP contribution in [0.2, 0.25) is 0 Å². The molecular weight excluding hydrogens is 282 g/mol. The van der Waals surface area contributed by atoms with Crippen LogP contribution in [0.4, 0.5) is 0 Å². The normalized spacial score (nSPS) is 16.4. The highest BCUT2D eigenvalue weighted by atomic mass is 16.4. The number of aromatic nitrogens is 2. The molecule has 122 valence electrons. The number of nitrogens with zero attached hydrogens (tertiary/aromatic N) is 2. The molecule has 1 aromatic heterocycles. The molecule has 0 radical (unpaired) electrons. The third-order valence-electron chi connectivity index (χ3n) is 4.76. The molecule has 22 heavy (non-hydrogen) atoms. The average molecular weight is 307 g/mol. The standard InChI is InChI=1S/C16H25N3O3/c1-4-12(5-2)19-11(3)13(10-17-19)15(22)18-16(7-6-8-16)9-14(20)21/h10,12H,4-9H2,1-3H3,(H,18,22)(H,20,21). The molecule has 1 fully saturated rings. The van der Waals surface area contributed by atoms with Crippen LogP contribution in [-0.4, -0.2) is 32.3 Å². The molecule has 6 heteroatoms. The summed E-state index contributed by atoms with van der Waals surface area (Å²) in [4.78, 5) is 23.5. The van der Waals surface area contributed by atoms with E-state index in [1.807, 2.05) is 11.6 Å². The second-order valence-electron chi connectivity index (χ2n) is 6.22. The Morgan fingerprint density at radius 2 is 2.05 bits per heavy atom. The molecule has 1 aliphatic rings. The second-order valence-corrected chi connectivity index (χ2v) is 6.22. The highest BCUT2D eigenvalue weighted by molar-refractivity contribution is 5.96. The van der Waals surface area contributed by atoms with Gasteiger partial charge in [0, 0.05) is 5.69 Å². The fraction of sp³-hybridized carbons (Fsp3) is 0.688. The SMILES string of the molecule is CCC(CC)n1ncc(C(=O)NC2(CC(=O)O)CCC2)c1C. The molecule has 0 bridgehead atoms. The van der Waals surface area contributed by atoms with E-state index in [0.29, 0.717) is 11.6 Å². The summed E-state index contributed by atoms with van der Waals surface area (Å²) in [5.74, 6) is -1.08. The Balaban J connectivity index is 2.15. The minimum Gasteiger partial charge on any atom is -0.481 e. The van der Waals surface area contributed by atoms with Crippen molar-refractivity contribution in [2.75, 3.05) is 0 Å². The van der Waals surface area contributed by atoms with E-state index < -0.39 is 11.5 Å². The molecule has 1 heterocycles. The first-order chi connectivity index (χ1) is 10.4. The number of carbonyl (C=O) groups excluding carboxylic acids is 1. The topological polar surface area (TPSA) is 84.2 Å². The van der Waals surface area contributed by atoms with Gasteiger partial charge in [-0.2, -0.15) is 5.10 Å². The Hall–Kier alpha value is -1.85. The Labute approximate surface area is 130 Å². The van der Waals surface area contributed by atoms with E-state index in [9.17, 15) is 9.59 Å². The van der Waals surface area contributed by atoms with Crippen LogP contribution in [-0.2, 0) is 4.79 Å². The van der Waals surface area contributed by atoms with Crippen molar-refractivity contribution >= 4 is 11.9 Å². The fourth-order valence-corrected chi connectivity index (χ4v) is 3.20. The number of nitrogens with one attached hydrogen (secondary N) is 1. The van der Waals surface area contributed by atoms with E-state index in [-0.39, 0.29) is 12.3 Å². The highest BCUT2D eigenvalue weighted by Crippen LogP contribution is 2.35. The third-order valence-corrected chi connectivity index (χ3v) is 4.76. The predicted octanol–water partition coefficient (Wildman–Crippen LogP) is 2.68. The fourth-order valence-electron chi connectivity index (χ4n) is 3.20. The van der Waals surface area contributed by atoms with Crippen molar-refractivity contribution in [2.45, 2.75) is 70.9 Å². The number of aliphatic carboxylic acids is 1. The van der Waals surface area contributed by atoms with Crippen LogP contribution in [0.5, 0.6) is 0 Å². The number of carbonyl (C=O) groups is 2. The van der Waals surface area contributed by atoms with E-state index in [0.717, 1.165) is 37.8 Å². The molecule has 1 amide bonds. The maximum absolute atomic E-state index is 12.5. The zero-order valence-electron chi connectivity index (χ0n) is 13.6. The van der Waals surface area contributed by atoms with Crippen LogP contribution >= 0.6 is 0 Å². The smallest absolute Gasteiger partial charge is 0.305 e. The summed E-state index contributed by atoms with van der Waals surface area (Å²) < 4.78 is 1.90. The van der Waals surface area contributed by atoms with Gasteiger partial charge in [0.15, 0.2) is 0 Å². The summed E-state index contributed by atoms with van der Waals surface area (Å²) >= 11 is 0. The number of hydrogen-bond donors (Lipinski definition) is 2. The van der Waals surface area contributed by atoms with Gasteiger partial charge in [0.1, 0.15) is 0 Å². The molecule has 2 rings (SSSR count). The van der Waals surface area contributed by atoms with Crippen molar-refractivity contribution in [3.8, 4) is 0 Å². The highest BCUT2D eigenvalue weighted by Gasteiger charge is 2.40. The molecular formula is C16H25N3O3. The molecule has 2 N–H and O–H groups in total. The van der Waals surface area contributed by atoms with Crippen molar-refractivity contribution in [1.29, 1.82) is 0 Å². The Morgan fingerprint density at radius 1 is 1.41 bits per heavy atom. The summed E-state index contributed by atoms with van der Waals surface area (Å²) in [5.41, 5.74) is 0.811. The zero-order chi connectivity index (χ0) is 16.3. The minimum atomic E-state index is -0.871. The van der Waals surface area contributed by atoms with Gasteiger partial charge in [-0.3, -0.25) is 14.3 Å². The number of carboxylic acid groups (broad SMARTS) is 1. The molecule has 0 unspecified atom stereocenters. The summed E-state index contributed by atoms with van der Waals surface area (Å²) in [6.45, 7) is 6.10. The van der Waals surface area contributed by atoms with Crippen LogP contribution in [0, 0.1) is 6.92 Å². The van der Waals surface area contributed by atoms with E-state index in [4.69, 9.17) is 5.11 Å². The third kappa shape index (κ3) is 3.15. The molecule has 0 atom stereocenters. The summed E-state index contributed by atoms with van der Waals surface area (Å²) in [7, 11) is 0. The number of amides is 1. The van der Waals surface area contributed by atoms with E-state index in [2.05, 4.69) is 24.3 Å². The quantitative estimate of drug-likeness (QED) is 0.811. The molecule has 0 aromatic carbocycles. The maximum atomic E-state index is 12.5. The molecule has 1 saturated carbocycles. The predicted molar refractivity (Wildman–Crippen MR) is 82.9 cm³/mol. The van der Waals surface area contributed by atoms with Gasteiger partial charge in [-0.15, -0.1) is 0 Å². The molecule has 0 aliphatic heterocycles. The van der Waals surface area contributed by atoms with Crippen molar-refractivity contribution in [1.82, 2.24) is 15.1 Å². The lowest BCUT2D eigenvalue weighted by Gasteiger charge is -2.41. The van der Waals surface area contributed by atoms with Crippen molar-refractivity contribution in [2.24, 2.45) is 0 Å². The summed E-state index contributed by atoms with van der Waals surface area (Å²) in [5, 5.41) is 16.3. The second kappa shape index (κ2) is 6.50. The van der Waals surface area contributed by atoms with Crippen LogP contribution < -0.4 is 5.32 Å². The molecule has 0 spiro atoms.